The smallest absolute Gasteiger partial charge is 0.451 e. The number of alkyl halides is 6. The summed E-state index contributed by atoms with van der Waals surface area (Å²) in [6.07, 6.45) is -8.94. The fraction of sp³-hybridized carbons (Fsp3) is 0.600. The van der Waals surface area contributed by atoms with Crippen LogP contribution in [0.1, 0.15) is 19.2 Å². The molecule has 0 radical (unpaired) electrons. The highest BCUT2D eigenvalue weighted by atomic mass is 19.4. The van der Waals surface area contributed by atoms with Crippen LogP contribution in [0, 0.1) is 0 Å². The van der Waals surface area contributed by atoms with Gasteiger partial charge in [-0.25, -0.2) is 4.98 Å². The van der Waals surface area contributed by atoms with Gasteiger partial charge in [0.15, 0.2) is 6.61 Å². The van der Waals surface area contributed by atoms with Gasteiger partial charge in [-0.2, -0.15) is 31.3 Å². The Morgan fingerprint density at radius 2 is 1.80 bits per heavy atom. The SMILES string of the molecule is CCCNc1cc(OCC(F)(F)F)nc(C(F)(F)F)n1. The second-order valence-corrected chi connectivity index (χ2v) is 3.74. The number of nitrogens with one attached hydrogen (secondary N) is 1. The average Bonchev–Trinajstić information content (AvgIpc) is 2.32. The molecule has 1 heterocycles. The van der Waals surface area contributed by atoms with Gasteiger partial charge >= 0.3 is 12.4 Å². The molecule has 0 unspecified atom stereocenters. The second-order valence-electron chi connectivity index (χ2n) is 3.74. The minimum absolute atomic E-state index is 0.244. The Balaban J connectivity index is 2.97. The molecular formula is C10H11F6N3O. The number of halogens is 6. The van der Waals surface area contributed by atoms with E-state index >= 15 is 0 Å². The Labute approximate surface area is 110 Å². The molecule has 10 heteroatoms. The fourth-order valence-corrected chi connectivity index (χ4v) is 1.13. The standard InChI is InChI=1S/C10H11F6N3O/c1-2-3-17-6-4-7(20-5-9(11,12)13)19-8(18-6)10(14,15)16/h4H,2-3,5H2,1H3,(H,17,18,19). The lowest BCUT2D eigenvalue weighted by atomic mass is 10.4. The number of nitrogens with zero attached hydrogens (tertiary/aromatic N) is 2. The van der Waals surface area contributed by atoms with Gasteiger partial charge in [0.25, 0.3) is 0 Å². The van der Waals surface area contributed by atoms with E-state index in [1.54, 1.807) is 6.92 Å². The van der Waals surface area contributed by atoms with Gasteiger partial charge in [0.05, 0.1) is 0 Å². The predicted octanol–water partition coefficient (Wildman–Crippen LogP) is 3.26. The van der Waals surface area contributed by atoms with Gasteiger partial charge in [0.1, 0.15) is 5.82 Å². The maximum atomic E-state index is 12.5. The molecule has 1 N–H and O–H groups in total. The Hall–Kier alpha value is -1.74. The molecule has 0 atom stereocenters. The zero-order valence-electron chi connectivity index (χ0n) is 10.3. The normalized spacial score (nSPS) is 12.3. The van der Waals surface area contributed by atoms with E-state index in [0.717, 1.165) is 6.07 Å². The minimum atomic E-state index is -4.87. The maximum absolute atomic E-state index is 12.5. The monoisotopic (exact) mass is 303 g/mol. The summed E-state index contributed by atoms with van der Waals surface area (Å²) in [5.74, 6) is -2.59. The van der Waals surface area contributed by atoms with Gasteiger partial charge in [-0.05, 0) is 6.42 Å². The molecule has 0 aliphatic carbocycles. The van der Waals surface area contributed by atoms with Crippen molar-refractivity contribution in [1.82, 2.24) is 9.97 Å². The van der Waals surface area contributed by atoms with Crippen LogP contribution in [0.5, 0.6) is 5.88 Å². The highest BCUT2D eigenvalue weighted by Gasteiger charge is 2.36. The van der Waals surface area contributed by atoms with E-state index in [-0.39, 0.29) is 5.82 Å². The first-order valence-corrected chi connectivity index (χ1v) is 5.51. The van der Waals surface area contributed by atoms with Crippen LogP contribution < -0.4 is 10.1 Å². The number of ether oxygens (including phenoxy) is 1. The molecule has 0 saturated heterocycles. The van der Waals surface area contributed by atoms with E-state index in [1.165, 1.54) is 0 Å². The van der Waals surface area contributed by atoms with E-state index in [4.69, 9.17) is 0 Å². The van der Waals surface area contributed by atoms with Crippen molar-refractivity contribution in [1.29, 1.82) is 0 Å². The van der Waals surface area contributed by atoms with Crippen LogP contribution in [0.15, 0.2) is 6.07 Å². The van der Waals surface area contributed by atoms with Gasteiger partial charge in [-0.15, -0.1) is 0 Å². The van der Waals surface area contributed by atoms with Gasteiger partial charge in [0.2, 0.25) is 11.7 Å². The first-order valence-electron chi connectivity index (χ1n) is 5.51. The molecule has 4 nitrogen and oxygen atoms in total. The molecular weight excluding hydrogens is 292 g/mol. The topological polar surface area (TPSA) is 47.0 Å². The van der Waals surface area contributed by atoms with Crippen molar-refractivity contribution in [2.24, 2.45) is 0 Å². The summed E-state index contributed by atoms with van der Waals surface area (Å²) in [7, 11) is 0. The fourth-order valence-electron chi connectivity index (χ4n) is 1.13. The largest absolute Gasteiger partial charge is 0.468 e. The van der Waals surface area contributed by atoms with Crippen LogP contribution >= 0.6 is 0 Å². The molecule has 0 aromatic carbocycles. The van der Waals surface area contributed by atoms with E-state index in [2.05, 4.69) is 20.0 Å². The van der Waals surface area contributed by atoms with Gasteiger partial charge in [-0.1, -0.05) is 6.92 Å². The lowest BCUT2D eigenvalue weighted by molar-refractivity contribution is -0.155. The summed E-state index contributed by atoms with van der Waals surface area (Å²) in [6.45, 7) is 0.349. The van der Waals surface area contributed by atoms with Gasteiger partial charge in [0, 0.05) is 12.6 Å². The van der Waals surface area contributed by atoms with E-state index < -0.39 is 30.7 Å². The summed E-state index contributed by atoms with van der Waals surface area (Å²) in [4.78, 5) is 6.10. The number of rotatable bonds is 5. The summed E-state index contributed by atoms with van der Waals surface area (Å²) >= 11 is 0. The van der Waals surface area contributed by atoms with Crippen molar-refractivity contribution < 1.29 is 31.1 Å². The highest BCUT2D eigenvalue weighted by Crippen LogP contribution is 2.29. The number of anilines is 1. The molecule has 0 amide bonds. The van der Waals surface area contributed by atoms with Crippen LogP contribution in [0.25, 0.3) is 0 Å². The maximum Gasteiger partial charge on any atom is 0.451 e. The minimum Gasteiger partial charge on any atom is -0.468 e. The van der Waals surface area contributed by atoms with Crippen LogP contribution in [0.4, 0.5) is 32.2 Å². The molecule has 1 aromatic heterocycles. The zero-order chi connectivity index (χ0) is 15.4. The van der Waals surface area contributed by atoms with Crippen molar-refractivity contribution in [2.45, 2.75) is 25.7 Å². The first-order chi connectivity index (χ1) is 9.12. The summed E-state index contributed by atoms with van der Waals surface area (Å²) in [6, 6.07) is 0.886. The van der Waals surface area contributed by atoms with E-state index in [1.807, 2.05) is 0 Å². The predicted molar refractivity (Wildman–Crippen MR) is 57.4 cm³/mol. The summed E-state index contributed by atoms with van der Waals surface area (Å²) in [5, 5.41) is 2.53. The van der Waals surface area contributed by atoms with Crippen molar-refractivity contribution in [3.8, 4) is 5.88 Å². The summed E-state index contributed by atoms with van der Waals surface area (Å²) < 4.78 is 77.7. The molecule has 20 heavy (non-hydrogen) atoms. The second kappa shape index (κ2) is 6.14. The molecule has 0 bridgehead atoms. The zero-order valence-corrected chi connectivity index (χ0v) is 10.3. The highest BCUT2D eigenvalue weighted by molar-refractivity contribution is 5.38. The molecule has 1 aromatic rings. The quantitative estimate of drug-likeness (QED) is 0.848. The Morgan fingerprint density at radius 1 is 1.15 bits per heavy atom. The van der Waals surface area contributed by atoms with Crippen molar-refractivity contribution in [3.05, 3.63) is 11.9 Å². The Morgan fingerprint density at radius 3 is 2.30 bits per heavy atom. The van der Waals surface area contributed by atoms with E-state index in [9.17, 15) is 26.3 Å². The van der Waals surface area contributed by atoms with Gasteiger partial charge < -0.3 is 10.1 Å². The van der Waals surface area contributed by atoms with Crippen molar-refractivity contribution in [2.75, 3.05) is 18.5 Å². The summed E-state index contributed by atoms with van der Waals surface area (Å²) in [5.41, 5.74) is 0. The Kier molecular flexibility index (Phi) is 5.01. The molecule has 114 valence electrons. The third kappa shape index (κ3) is 5.49. The first kappa shape index (κ1) is 16.3. The molecule has 0 aliphatic rings. The molecule has 1 rings (SSSR count). The molecule has 0 spiro atoms. The number of aromatic nitrogens is 2. The third-order valence-corrected chi connectivity index (χ3v) is 1.90. The van der Waals surface area contributed by atoms with Crippen LogP contribution in [0.2, 0.25) is 0 Å². The third-order valence-electron chi connectivity index (χ3n) is 1.90. The van der Waals surface area contributed by atoms with Crippen LogP contribution in [-0.2, 0) is 6.18 Å². The average molecular weight is 303 g/mol. The van der Waals surface area contributed by atoms with Crippen molar-refractivity contribution in [3.63, 3.8) is 0 Å². The van der Waals surface area contributed by atoms with Gasteiger partial charge in [-0.3, -0.25) is 0 Å². The number of hydrogen-bond acceptors (Lipinski definition) is 4. The number of hydrogen-bond donors (Lipinski definition) is 1. The van der Waals surface area contributed by atoms with Crippen LogP contribution in [0.3, 0.4) is 0 Å². The lowest BCUT2D eigenvalue weighted by Crippen LogP contribution is -2.21. The van der Waals surface area contributed by atoms with Crippen molar-refractivity contribution >= 4 is 5.82 Å². The Bertz CT molecular complexity index is 446. The molecule has 0 fully saturated rings. The lowest BCUT2D eigenvalue weighted by Gasteiger charge is -2.12. The van der Waals surface area contributed by atoms with Crippen LogP contribution in [-0.4, -0.2) is 29.3 Å². The molecule has 0 saturated carbocycles. The van der Waals surface area contributed by atoms with E-state index in [0.29, 0.717) is 13.0 Å². The molecule has 0 aliphatic heterocycles.